The van der Waals surface area contributed by atoms with Crippen LogP contribution in [0, 0.1) is 6.92 Å². The van der Waals surface area contributed by atoms with Crippen molar-refractivity contribution in [1.29, 1.82) is 0 Å². The summed E-state index contributed by atoms with van der Waals surface area (Å²) in [6, 6.07) is 5.52. The molecule has 0 aliphatic carbocycles. The predicted molar refractivity (Wildman–Crippen MR) is 91.0 cm³/mol. The number of pyridine rings is 1. The molecule has 0 spiro atoms. The summed E-state index contributed by atoms with van der Waals surface area (Å²) in [4.78, 5) is 19.1. The minimum absolute atomic E-state index is 0.00364. The molecule has 0 radical (unpaired) electrons. The topological polar surface area (TPSA) is 68.5 Å². The molecule has 128 valence electrons. The summed E-state index contributed by atoms with van der Waals surface area (Å²) in [6.45, 7) is 7.04. The molecule has 2 atom stereocenters. The standard InChI is InChI=1S/C17H21N3O3S/c1-11-7-14(19-23-11)10-24-16-15(5-4-6-18-16)17(21)20-8-12(2)22-13(3)9-20/h4-7,12-13H,8-10H2,1-3H3. The SMILES string of the molecule is Cc1cc(CSc2ncccc2C(=O)N2CC(C)OC(C)C2)no1. The van der Waals surface area contributed by atoms with Crippen LogP contribution in [0.1, 0.15) is 35.7 Å². The fourth-order valence-electron chi connectivity index (χ4n) is 2.81. The Labute approximate surface area is 145 Å². The third kappa shape index (κ3) is 3.96. The lowest BCUT2D eigenvalue weighted by molar-refractivity contribution is -0.0587. The zero-order valence-corrected chi connectivity index (χ0v) is 14.9. The van der Waals surface area contributed by atoms with Crippen LogP contribution in [0.15, 0.2) is 33.9 Å². The van der Waals surface area contributed by atoms with Crippen molar-refractivity contribution in [3.63, 3.8) is 0 Å². The Morgan fingerprint density at radius 3 is 2.79 bits per heavy atom. The van der Waals surface area contributed by atoms with Crippen molar-refractivity contribution >= 4 is 17.7 Å². The Hall–Kier alpha value is -1.86. The van der Waals surface area contributed by atoms with Gasteiger partial charge in [0.1, 0.15) is 10.8 Å². The van der Waals surface area contributed by atoms with Crippen LogP contribution < -0.4 is 0 Å². The lowest BCUT2D eigenvalue weighted by Crippen LogP contribution is -2.48. The summed E-state index contributed by atoms with van der Waals surface area (Å²) in [5.74, 6) is 1.40. The molecule has 0 aromatic carbocycles. The van der Waals surface area contributed by atoms with Gasteiger partial charge in [0.15, 0.2) is 0 Å². The molecule has 1 aliphatic heterocycles. The maximum Gasteiger partial charge on any atom is 0.256 e. The smallest absolute Gasteiger partial charge is 0.256 e. The fraction of sp³-hybridized carbons (Fsp3) is 0.471. The monoisotopic (exact) mass is 347 g/mol. The largest absolute Gasteiger partial charge is 0.372 e. The van der Waals surface area contributed by atoms with Crippen LogP contribution >= 0.6 is 11.8 Å². The van der Waals surface area contributed by atoms with Gasteiger partial charge in [0.25, 0.3) is 5.91 Å². The quantitative estimate of drug-likeness (QED) is 0.792. The minimum atomic E-state index is 0.00364. The Balaban J connectivity index is 1.74. The van der Waals surface area contributed by atoms with E-state index in [9.17, 15) is 4.79 Å². The number of carbonyl (C=O) groups excluding carboxylic acids is 1. The second-order valence-electron chi connectivity index (χ2n) is 6.04. The lowest BCUT2D eigenvalue weighted by Gasteiger charge is -2.35. The summed E-state index contributed by atoms with van der Waals surface area (Å²) in [5.41, 5.74) is 1.47. The van der Waals surface area contributed by atoms with E-state index in [1.807, 2.05) is 37.8 Å². The van der Waals surface area contributed by atoms with E-state index in [-0.39, 0.29) is 18.1 Å². The van der Waals surface area contributed by atoms with Crippen LogP contribution in [0.25, 0.3) is 0 Å². The molecule has 3 rings (SSSR count). The number of aromatic nitrogens is 2. The van der Waals surface area contributed by atoms with Gasteiger partial charge in [-0.25, -0.2) is 4.98 Å². The highest BCUT2D eigenvalue weighted by molar-refractivity contribution is 7.98. The van der Waals surface area contributed by atoms with E-state index in [1.54, 1.807) is 12.3 Å². The summed E-state index contributed by atoms with van der Waals surface area (Å²) in [7, 11) is 0. The molecular formula is C17H21N3O3S. The minimum Gasteiger partial charge on any atom is -0.372 e. The third-order valence-corrected chi connectivity index (χ3v) is 4.78. The van der Waals surface area contributed by atoms with Gasteiger partial charge >= 0.3 is 0 Å². The maximum absolute atomic E-state index is 12.9. The molecule has 2 unspecified atom stereocenters. The van der Waals surface area contributed by atoms with Gasteiger partial charge in [0, 0.05) is 31.1 Å². The summed E-state index contributed by atoms with van der Waals surface area (Å²) in [6.07, 6.45) is 1.80. The van der Waals surface area contributed by atoms with Gasteiger partial charge in [-0.05, 0) is 32.9 Å². The van der Waals surface area contributed by atoms with Gasteiger partial charge in [0.2, 0.25) is 0 Å². The van der Waals surface area contributed by atoms with Crippen molar-refractivity contribution in [1.82, 2.24) is 15.0 Å². The highest BCUT2D eigenvalue weighted by atomic mass is 32.2. The van der Waals surface area contributed by atoms with Crippen LogP contribution in [0.5, 0.6) is 0 Å². The van der Waals surface area contributed by atoms with E-state index in [4.69, 9.17) is 9.26 Å². The first-order valence-electron chi connectivity index (χ1n) is 7.97. The Morgan fingerprint density at radius 1 is 1.38 bits per heavy atom. The third-order valence-electron chi connectivity index (χ3n) is 3.74. The van der Waals surface area contributed by atoms with Gasteiger partial charge in [-0.1, -0.05) is 16.9 Å². The predicted octanol–water partition coefficient (Wildman–Crippen LogP) is 2.92. The van der Waals surface area contributed by atoms with Crippen LogP contribution in [-0.2, 0) is 10.5 Å². The average molecular weight is 347 g/mol. The number of morpholine rings is 1. The summed E-state index contributed by atoms with van der Waals surface area (Å²) >= 11 is 1.50. The second-order valence-corrected chi connectivity index (χ2v) is 7.01. The number of rotatable bonds is 4. The summed E-state index contributed by atoms with van der Waals surface area (Å²) < 4.78 is 10.8. The van der Waals surface area contributed by atoms with E-state index in [0.29, 0.717) is 24.4 Å². The first kappa shape index (κ1) is 17.0. The lowest BCUT2D eigenvalue weighted by atomic mass is 10.2. The number of aryl methyl sites for hydroxylation is 1. The number of thioether (sulfide) groups is 1. The van der Waals surface area contributed by atoms with Gasteiger partial charge in [-0.2, -0.15) is 0 Å². The van der Waals surface area contributed by atoms with Crippen molar-refractivity contribution in [2.45, 2.75) is 43.8 Å². The van der Waals surface area contributed by atoms with Gasteiger partial charge < -0.3 is 14.2 Å². The average Bonchev–Trinajstić information content (AvgIpc) is 2.97. The van der Waals surface area contributed by atoms with Crippen molar-refractivity contribution < 1.29 is 14.1 Å². The molecule has 6 nitrogen and oxygen atoms in total. The molecule has 1 fully saturated rings. The number of hydrogen-bond donors (Lipinski definition) is 0. The first-order chi connectivity index (χ1) is 11.5. The Kier molecular flexibility index (Phi) is 5.20. The maximum atomic E-state index is 12.9. The van der Waals surface area contributed by atoms with Crippen molar-refractivity contribution in [2.24, 2.45) is 0 Å². The molecule has 0 bridgehead atoms. The second kappa shape index (κ2) is 7.36. The van der Waals surface area contributed by atoms with Gasteiger partial charge in [-0.3, -0.25) is 4.79 Å². The van der Waals surface area contributed by atoms with Gasteiger partial charge in [-0.15, -0.1) is 0 Å². The number of amides is 1. The van der Waals surface area contributed by atoms with Crippen LogP contribution in [-0.4, -0.2) is 46.2 Å². The molecule has 1 saturated heterocycles. The van der Waals surface area contributed by atoms with E-state index >= 15 is 0 Å². The molecule has 0 saturated carbocycles. The van der Waals surface area contributed by atoms with Crippen molar-refractivity contribution in [3.05, 3.63) is 41.4 Å². The molecule has 3 heterocycles. The molecule has 2 aromatic rings. The number of carbonyl (C=O) groups is 1. The van der Waals surface area contributed by atoms with Crippen LogP contribution in [0.4, 0.5) is 0 Å². The van der Waals surface area contributed by atoms with E-state index in [0.717, 1.165) is 16.5 Å². The van der Waals surface area contributed by atoms with Gasteiger partial charge in [0.05, 0.1) is 23.5 Å². The number of nitrogens with zero attached hydrogens (tertiary/aromatic N) is 3. The molecule has 1 amide bonds. The normalized spacial score (nSPS) is 21.0. The van der Waals surface area contributed by atoms with Crippen LogP contribution in [0.3, 0.4) is 0 Å². The highest BCUT2D eigenvalue weighted by Gasteiger charge is 2.28. The van der Waals surface area contributed by atoms with Crippen molar-refractivity contribution in [3.8, 4) is 0 Å². The number of hydrogen-bond acceptors (Lipinski definition) is 6. The van der Waals surface area contributed by atoms with E-state index in [1.165, 1.54) is 11.8 Å². The molecule has 7 heteroatoms. The zero-order chi connectivity index (χ0) is 17.1. The molecule has 1 aliphatic rings. The Bertz CT molecular complexity index is 709. The zero-order valence-electron chi connectivity index (χ0n) is 14.1. The molecule has 24 heavy (non-hydrogen) atoms. The molecule has 2 aromatic heterocycles. The fourth-order valence-corrected chi connectivity index (χ4v) is 3.68. The number of ether oxygens (including phenoxy) is 1. The van der Waals surface area contributed by atoms with E-state index < -0.39 is 0 Å². The molecular weight excluding hydrogens is 326 g/mol. The molecule has 0 N–H and O–H groups in total. The first-order valence-corrected chi connectivity index (χ1v) is 8.96. The summed E-state index contributed by atoms with van der Waals surface area (Å²) in [5, 5.41) is 4.70. The van der Waals surface area contributed by atoms with Crippen LogP contribution in [0.2, 0.25) is 0 Å². The van der Waals surface area contributed by atoms with E-state index in [2.05, 4.69) is 10.1 Å². The van der Waals surface area contributed by atoms with Crippen molar-refractivity contribution in [2.75, 3.05) is 13.1 Å². The Morgan fingerprint density at radius 2 is 2.12 bits per heavy atom. The highest BCUT2D eigenvalue weighted by Crippen LogP contribution is 2.26.